The number of allylic oxidation sites excluding steroid dienone is 1. The first-order valence-electron chi connectivity index (χ1n) is 20.3. The Labute approximate surface area is 334 Å². The smallest absolute Gasteiger partial charge is 0.472 e. The van der Waals surface area contributed by atoms with Crippen LogP contribution < -0.4 is 29.6 Å². The van der Waals surface area contributed by atoms with E-state index < -0.39 is 75.0 Å². The highest BCUT2D eigenvalue weighted by atomic mass is 32.2. The molecule has 4 saturated carbocycles. The molecule has 7 aliphatic rings. The number of alkyl carbamates (subject to hydrolysis) is 1. The predicted octanol–water partition coefficient (Wildman–Crippen LogP) is 4.29. The standard InChI is InChI=1S/C40H47F2N5O10S/c1-20-5-3-4-6-24-18-39(24,37(50)46-58(52,53)27-7-8-27)45-34(48)30-17-26(54-35-29-9-10-31-33(28(29)11-12-43-35)57-40(41,42)56-31)19-47(30)36(49)32(21(2)13-20)44-38(51)55-25-15-22-14-23(22)16-25/h4,6,9-12,20-27,30,32H,3,5,7-8,13-19H2,1-2H3,(H,44,51)(H,45,48)(H,46,50)/b6-4-/t20-,21+,22-,23+,24?,25?,26+,30-,32-,39+/m0/s1. The van der Waals surface area contributed by atoms with Gasteiger partial charge in [0.2, 0.25) is 27.7 Å². The van der Waals surface area contributed by atoms with Gasteiger partial charge in [-0.2, -0.15) is 0 Å². The fourth-order valence-electron chi connectivity index (χ4n) is 9.45. The summed E-state index contributed by atoms with van der Waals surface area (Å²) in [6.07, 6.45) is 5.06. The molecule has 5 fully saturated rings. The van der Waals surface area contributed by atoms with Crippen LogP contribution in [0.25, 0.3) is 10.8 Å². The van der Waals surface area contributed by atoms with E-state index in [-0.39, 0.29) is 60.1 Å². The second-order valence-electron chi connectivity index (χ2n) is 17.4. The van der Waals surface area contributed by atoms with Gasteiger partial charge in [0.25, 0.3) is 5.91 Å². The third-order valence-electron chi connectivity index (χ3n) is 12.9. The van der Waals surface area contributed by atoms with E-state index >= 15 is 0 Å². The molecule has 1 aromatic carbocycles. The highest BCUT2D eigenvalue weighted by Crippen LogP contribution is 2.53. The fraction of sp³-hybridized carbons (Fsp3) is 0.625. The van der Waals surface area contributed by atoms with Crippen molar-refractivity contribution in [2.45, 2.75) is 119 Å². The molecule has 9 rings (SSSR count). The van der Waals surface area contributed by atoms with Crippen LogP contribution in [0.2, 0.25) is 0 Å². The third kappa shape index (κ3) is 7.52. The van der Waals surface area contributed by atoms with Crippen molar-refractivity contribution in [3.05, 3.63) is 36.5 Å². The number of hydrogen-bond acceptors (Lipinski definition) is 11. The molecular formula is C40H47F2N5O10S. The predicted molar refractivity (Wildman–Crippen MR) is 201 cm³/mol. The maximum Gasteiger partial charge on any atom is 0.586 e. The van der Waals surface area contributed by atoms with Crippen LogP contribution in [0.5, 0.6) is 17.4 Å². The van der Waals surface area contributed by atoms with Gasteiger partial charge < -0.3 is 34.5 Å². The van der Waals surface area contributed by atoms with Crippen molar-refractivity contribution >= 4 is 44.6 Å². The van der Waals surface area contributed by atoms with Gasteiger partial charge in [-0.15, -0.1) is 8.78 Å². The third-order valence-corrected chi connectivity index (χ3v) is 14.7. The molecule has 0 spiro atoms. The number of alkyl halides is 2. The first-order chi connectivity index (χ1) is 27.6. The lowest BCUT2D eigenvalue weighted by molar-refractivity contribution is -0.286. The maximum atomic E-state index is 14.9. The zero-order valence-electron chi connectivity index (χ0n) is 32.2. The lowest BCUT2D eigenvalue weighted by Crippen LogP contribution is -2.59. The van der Waals surface area contributed by atoms with Crippen molar-refractivity contribution in [1.82, 2.24) is 25.2 Å². The summed E-state index contributed by atoms with van der Waals surface area (Å²) in [7, 11) is -3.95. The molecule has 58 heavy (non-hydrogen) atoms. The minimum Gasteiger partial charge on any atom is -0.472 e. The van der Waals surface area contributed by atoms with Crippen molar-refractivity contribution in [3.63, 3.8) is 0 Å². The number of pyridine rings is 1. The van der Waals surface area contributed by atoms with Crippen LogP contribution in [0.15, 0.2) is 36.5 Å². The number of aromatic nitrogens is 1. The van der Waals surface area contributed by atoms with Crippen molar-refractivity contribution in [2.24, 2.45) is 29.6 Å². The topological polar surface area (TPSA) is 192 Å². The average Bonchev–Trinajstić information content (AvgIpc) is 4.12. The summed E-state index contributed by atoms with van der Waals surface area (Å²) in [5.74, 6) is -2.04. The van der Waals surface area contributed by atoms with E-state index in [1.54, 1.807) is 0 Å². The minimum absolute atomic E-state index is 0.0308. The van der Waals surface area contributed by atoms with Gasteiger partial charge in [-0.25, -0.2) is 18.2 Å². The van der Waals surface area contributed by atoms with Crippen LogP contribution in [0.1, 0.15) is 78.1 Å². The first-order valence-corrected chi connectivity index (χ1v) is 21.8. The van der Waals surface area contributed by atoms with Crippen LogP contribution in [0, 0.1) is 29.6 Å². The molecular weight excluding hydrogens is 781 g/mol. The van der Waals surface area contributed by atoms with E-state index in [1.165, 1.54) is 29.3 Å². The number of halogens is 2. The summed E-state index contributed by atoms with van der Waals surface area (Å²) in [5.41, 5.74) is -1.58. The van der Waals surface area contributed by atoms with E-state index in [0.29, 0.717) is 42.9 Å². The number of carbonyl (C=O) groups excluding carboxylic acids is 4. The quantitative estimate of drug-likeness (QED) is 0.338. The Morgan fingerprint density at radius 2 is 1.76 bits per heavy atom. The SMILES string of the molecule is C[C@H]1CC/C=C\C2C[C@@]2(C(=O)NS(=O)(=O)C2CC2)NC(=O)[C@@H]2C[C@@H](Oc3nccc4c5c(ccc34)OC(F)(F)O5)CN2C(=O)[C@@H](NC(=O)OC2C[C@@H]3C[C@@H]3C2)[C@H](C)C1. The number of hydrogen-bond donors (Lipinski definition) is 3. The van der Waals surface area contributed by atoms with Crippen LogP contribution in [0.4, 0.5) is 13.6 Å². The summed E-state index contributed by atoms with van der Waals surface area (Å²) in [4.78, 5) is 62.3. The lowest BCUT2D eigenvalue weighted by atomic mass is 9.88. The molecule has 4 amide bonds. The van der Waals surface area contributed by atoms with E-state index in [0.717, 1.165) is 25.7 Å². The molecule has 15 nitrogen and oxygen atoms in total. The molecule has 2 aromatic rings. The van der Waals surface area contributed by atoms with Gasteiger partial charge in [0.1, 0.15) is 29.8 Å². The van der Waals surface area contributed by atoms with E-state index in [9.17, 15) is 36.4 Å². The van der Waals surface area contributed by atoms with Crippen molar-refractivity contribution in [3.8, 4) is 17.4 Å². The minimum atomic E-state index is -3.95. The molecule has 2 unspecified atom stereocenters. The molecule has 1 aromatic heterocycles. The molecule has 312 valence electrons. The number of benzene rings is 1. The normalized spacial score (nSPS) is 35.7. The Hall–Kier alpha value is -4.74. The zero-order chi connectivity index (χ0) is 40.7. The van der Waals surface area contributed by atoms with Gasteiger partial charge in [0.05, 0.1) is 11.8 Å². The molecule has 1 saturated heterocycles. The summed E-state index contributed by atoms with van der Waals surface area (Å²) in [5, 5.41) is 5.59. The summed E-state index contributed by atoms with van der Waals surface area (Å²) in [6, 6.07) is 1.96. The Bertz CT molecular complexity index is 2180. The van der Waals surface area contributed by atoms with Crippen LogP contribution in [-0.4, -0.2) is 90.0 Å². The van der Waals surface area contributed by atoms with Gasteiger partial charge in [0, 0.05) is 29.3 Å². The number of nitrogens with one attached hydrogen (secondary N) is 3. The molecule has 0 bridgehead atoms. The number of sulfonamides is 1. The Morgan fingerprint density at radius 1 is 0.983 bits per heavy atom. The number of amides is 4. The van der Waals surface area contributed by atoms with Gasteiger partial charge in [0.15, 0.2) is 11.5 Å². The second kappa shape index (κ2) is 14.2. The molecule has 4 heterocycles. The molecule has 0 radical (unpaired) electrons. The zero-order valence-corrected chi connectivity index (χ0v) is 33.0. The lowest BCUT2D eigenvalue weighted by Gasteiger charge is -2.33. The van der Waals surface area contributed by atoms with Gasteiger partial charge in [-0.05, 0) is 99.7 Å². The van der Waals surface area contributed by atoms with E-state index in [4.69, 9.17) is 14.2 Å². The van der Waals surface area contributed by atoms with Crippen LogP contribution >= 0.6 is 0 Å². The van der Waals surface area contributed by atoms with Crippen LogP contribution in [-0.2, 0) is 29.1 Å². The number of carbonyl (C=O) groups is 4. The van der Waals surface area contributed by atoms with Crippen molar-refractivity contribution < 1.29 is 55.3 Å². The number of fused-ring (bicyclic) bond motifs is 6. The average molecular weight is 828 g/mol. The Morgan fingerprint density at radius 3 is 2.52 bits per heavy atom. The van der Waals surface area contributed by atoms with E-state index in [1.807, 2.05) is 19.1 Å². The van der Waals surface area contributed by atoms with Gasteiger partial charge in [-0.1, -0.05) is 26.0 Å². The largest absolute Gasteiger partial charge is 0.586 e. The molecule has 4 aliphatic carbocycles. The summed E-state index contributed by atoms with van der Waals surface area (Å²) >= 11 is 0. The van der Waals surface area contributed by atoms with Crippen molar-refractivity contribution in [2.75, 3.05) is 6.54 Å². The number of rotatable bonds is 7. The van der Waals surface area contributed by atoms with Gasteiger partial charge in [-0.3, -0.25) is 19.1 Å². The monoisotopic (exact) mass is 827 g/mol. The molecule has 10 atom stereocenters. The van der Waals surface area contributed by atoms with Crippen molar-refractivity contribution in [1.29, 1.82) is 0 Å². The fourth-order valence-corrected chi connectivity index (χ4v) is 10.8. The molecule has 3 N–H and O–H groups in total. The number of ether oxygens (including phenoxy) is 4. The highest BCUT2D eigenvalue weighted by molar-refractivity contribution is 7.91. The first kappa shape index (κ1) is 38.8. The van der Waals surface area contributed by atoms with Gasteiger partial charge >= 0.3 is 12.4 Å². The second-order valence-corrected chi connectivity index (χ2v) is 19.4. The highest BCUT2D eigenvalue weighted by Gasteiger charge is 2.62. The van der Waals surface area contributed by atoms with E-state index in [2.05, 4.69) is 32.0 Å². The summed E-state index contributed by atoms with van der Waals surface area (Å²) in [6.45, 7) is 3.79. The Balaban J connectivity index is 1.02. The van der Waals surface area contributed by atoms with Crippen LogP contribution in [0.3, 0.4) is 0 Å². The molecule has 3 aliphatic heterocycles. The maximum absolute atomic E-state index is 14.9. The summed E-state index contributed by atoms with van der Waals surface area (Å²) < 4.78 is 77.6. The Kier molecular flexibility index (Phi) is 9.50. The molecule has 18 heteroatoms. The number of nitrogens with zero attached hydrogens (tertiary/aromatic N) is 2.